The molecule has 0 saturated carbocycles. The maximum absolute atomic E-state index is 12.7. The van der Waals surface area contributed by atoms with Gasteiger partial charge in [0, 0.05) is 29.2 Å². The molecule has 152 valence electrons. The molecule has 5 rings (SSSR count). The minimum absolute atomic E-state index is 0.134. The molecule has 0 unspecified atom stereocenters. The van der Waals surface area contributed by atoms with Crippen LogP contribution in [0.3, 0.4) is 0 Å². The minimum Gasteiger partial charge on any atom is -0.361 e. The van der Waals surface area contributed by atoms with Crippen molar-refractivity contribution in [2.75, 3.05) is 10.2 Å². The van der Waals surface area contributed by atoms with E-state index in [9.17, 15) is 14.4 Å². The molecule has 1 aromatic heterocycles. The molecule has 0 radical (unpaired) electrons. The molecule has 0 spiro atoms. The van der Waals surface area contributed by atoms with Crippen molar-refractivity contribution in [1.29, 1.82) is 0 Å². The monoisotopic (exact) mass is 409 g/mol. The van der Waals surface area contributed by atoms with E-state index in [2.05, 4.69) is 10.3 Å². The molecule has 31 heavy (non-hydrogen) atoms. The van der Waals surface area contributed by atoms with Crippen LogP contribution in [0, 0.1) is 0 Å². The quantitative estimate of drug-likeness (QED) is 0.475. The lowest BCUT2D eigenvalue weighted by Crippen LogP contribution is -2.29. The predicted octanol–water partition coefficient (Wildman–Crippen LogP) is 4.54. The Hall–Kier alpha value is -4.19. The van der Waals surface area contributed by atoms with E-state index < -0.39 is 0 Å². The van der Waals surface area contributed by atoms with Gasteiger partial charge in [0.15, 0.2) is 0 Å². The number of nitrogens with one attached hydrogen (secondary N) is 2. The summed E-state index contributed by atoms with van der Waals surface area (Å²) in [5.74, 6) is -0.850. The highest BCUT2D eigenvalue weighted by Crippen LogP contribution is 2.29. The molecule has 1 aliphatic heterocycles. The predicted molar refractivity (Wildman–Crippen MR) is 119 cm³/mol. The Bertz CT molecular complexity index is 1300. The summed E-state index contributed by atoms with van der Waals surface area (Å²) in [6, 6.07) is 21.5. The van der Waals surface area contributed by atoms with Crippen LogP contribution >= 0.6 is 0 Å². The van der Waals surface area contributed by atoms with Crippen LogP contribution in [0.2, 0.25) is 0 Å². The Kier molecular flexibility index (Phi) is 4.59. The van der Waals surface area contributed by atoms with Gasteiger partial charge in [-0.05, 0) is 48.4 Å². The van der Waals surface area contributed by atoms with E-state index in [0.29, 0.717) is 35.3 Å². The number of H-pyrrole nitrogens is 1. The molecule has 4 aromatic rings. The summed E-state index contributed by atoms with van der Waals surface area (Å²) in [6.45, 7) is 0. The first kappa shape index (κ1) is 18.8. The molecule has 2 N–H and O–H groups in total. The number of aryl methyl sites for hydroxylation is 1. The van der Waals surface area contributed by atoms with E-state index in [1.807, 2.05) is 30.5 Å². The number of para-hydroxylation sites is 1. The van der Waals surface area contributed by atoms with Crippen LogP contribution in [-0.4, -0.2) is 22.7 Å². The van der Waals surface area contributed by atoms with Gasteiger partial charge in [0.05, 0.1) is 16.8 Å². The van der Waals surface area contributed by atoms with Gasteiger partial charge in [-0.2, -0.15) is 0 Å². The Morgan fingerprint density at radius 2 is 1.58 bits per heavy atom. The van der Waals surface area contributed by atoms with Gasteiger partial charge in [-0.3, -0.25) is 14.4 Å². The topological polar surface area (TPSA) is 82.3 Å². The maximum atomic E-state index is 12.7. The summed E-state index contributed by atoms with van der Waals surface area (Å²) in [6.07, 6.45) is 2.86. The fourth-order valence-corrected chi connectivity index (χ4v) is 3.96. The summed E-state index contributed by atoms with van der Waals surface area (Å²) < 4.78 is 0. The first-order valence-electron chi connectivity index (χ1n) is 10.0. The van der Waals surface area contributed by atoms with E-state index in [1.165, 1.54) is 0 Å². The fraction of sp³-hybridized carbons (Fsp3) is 0.0800. The highest BCUT2D eigenvalue weighted by molar-refractivity contribution is 6.34. The standard InChI is InChI=1S/C25H19N3O3/c29-23(13-12-16-15-26-22-11-4-3-8-19(16)22)27-17-6-5-7-18(14-17)28-24(30)20-9-1-2-10-21(20)25(28)31/h1-11,14-15,26H,12-13H2,(H,27,29). The van der Waals surface area contributed by atoms with Crippen molar-refractivity contribution in [2.45, 2.75) is 12.8 Å². The smallest absolute Gasteiger partial charge is 0.266 e. The van der Waals surface area contributed by atoms with Crippen LogP contribution in [0.15, 0.2) is 79.0 Å². The lowest BCUT2D eigenvalue weighted by Gasteiger charge is -2.15. The highest BCUT2D eigenvalue weighted by atomic mass is 16.2. The van der Waals surface area contributed by atoms with Gasteiger partial charge >= 0.3 is 0 Å². The number of nitrogens with zero attached hydrogens (tertiary/aromatic N) is 1. The number of rotatable bonds is 5. The van der Waals surface area contributed by atoms with Crippen molar-refractivity contribution in [1.82, 2.24) is 4.98 Å². The minimum atomic E-state index is -0.358. The number of aromatic amines is 1. The molecule has 3 amide bonds. The Morgan fingerprint density at radius 1 is 0.871 bits per heavy atom. The van der Waals surface area contributed by atoms with Gasteiger partial charge in [0.1, 0.15) is 0 Å². The number of benzene rings is 3. The molecule has 0 fully saturated rings. The molecule has 3 aromatic carbocycles. The Labute approximate surface area is 178 Å². The largest absolute Gasteiger partial charge is 0.361 e. The fourth-order valence-electron chi connectivity index (χ4n) is 3.96. The van der Waals surface area contributed by atoms with Crippen molar-refractivity contribution < 1.29 is 14.4 Å². The third-order valence-corrected chi connectivity index (χ3v) is 5.48. The summed E-state index contributed by atoms with van der Waals surface area (Å²) in [5, 5.41) is 3.98. The molecular weight excluding hydrogens is 390 g/mol. The van der Waals surface area contributed by atoms with Crippen molar-refractivity contribution in [3.8, 4) is 0 Å². The number of anilines is 2. The van der Waals surface area contributed by atoms with Crippen LogP contribution in [0.4, 0.5) is 11.4 Å². The second kappa shape index (κ2) is 7.57. The molecule has 0 bridgehead atoms. The number of hydrogen-bond acceptors (Lipinski definition) is 3. The molecule has 1 aliphatic rings. The molecular formula is C25H19N3O3. The zero-order valence-electron chi connectivity index (χ0n) is 16.6. The van der Waals surface area contributed by atoms with Gasteiger partial charge in [-0.1, -0.05) is 36.4 Å². The molecule has 2 heterocycles. The number of fused-ring (bicyclic) bond motifs is 2. The molecule has 0 saturated heterocycles. The van der Waals surface area contributed by atoms with Gasteiger partial charge in [-0.25, -0.2) is 4.90 Å². The van der Waals surface area contributed by atoms with Crippen LogP contribution < -0.4 is 10.2 Å². The van der Waals surface area contributed by atoms with E-state index in [0.717, 1.165) is 21.4 Å². The Balaban J connectivity index is 1.29. The third-order valence-electron chi connectivity index (χ3n) is 5.48. The molecule has 0 aliphatic carbocycles. The SMILES string of the molecule is O=C(CCc1c[nH]c2ccccc12)Nc1cccc(N2C(=O)c3ccccc3C2=O)c1. The summed E-state index contributed by atoms with van der Waals surface area (Å²) in [4.78, 5) is 42.3. The second-order valence-corrected chi connectivity index (χ2v) is 7.45. The van der Waals surface area contributed by atoms with E-state index in [1.54, 1.807) is 48.5 Å². The lowest BCUT2D eigenvalue weighted by atomic mass is 10.1. The first-order chi connectivity index (χ1) is 15.1. The van der Waals surface area contributed by atoms with Crippen LogP contribution in [0.1, 0.15) is 32.7 Å². The van der Waals surface area contributed by atoms with E-state index in [4.69, 9.17) is 0 Å². The van der Waals surface area contributed by atoms with Gasteiger partial charge in [0.25, 0.3) is 11.8 Å². The van der Waals surface area contributed by atoms with Crippen molar-refractivity contribution in [2.24, 2.45) is 0 Å². The number of carbonyl (C=O) groups excluding carboxylic acids is 3. The molecule has 0 atom stereocenters. The van der Waals surface area contributed by atoms with Crippen molar-refractivity contribution in [3.05, 3.63) is 95.7 Å². The van der Waals surface area contributed by atoms with Gasteiger partial charge < -0.3 is 10.3 Å². The average Bonchev–Trinajstić information content (AvgIpc) is 3.31. The third kappa shape index (κ3) is 3.38. The summed E-state index contributed by atoms with van der Waals surface area (Å²) in [7, 11) is 0. The number of hydrogen-bond donors (Lipinski definition) is 2. The zero-order valence-corrected chi connectivity index (χ0v) is 16.6. The van der Waals surface area contributed by atoms with Gasteiger partial charge in [0.2, 0.25) is 5.91 Å². The highest BCUT2D eigenvalue weighted by Gasteiger charge is 2.36. The van der Waals surface area contributed by atoms with Crippen LogP contribution in [-0.2, 0) is 11.2 Å². The van der Waals surface area contributed by atoms with Crippen LogP contribution in [0.25, 0.3) is 10.9 Å². The van der Waals surface area contributed by atoms with Crippen molar-refractivity contribution >= 4 is 40.0 Å². The lowest BCUT2D eigenvalue weighted by molar-refractivity contribution is -0.116. The Morgan fingerprint density at radius 3 is 2.35 bits per heavy atom. The first-order valence-corrected chi connectivity index (χ1v) is 10.0. The van der Waals surface area contributed by atoms with E-state index in [-0.39, 0.29) is 17.7 Å². The van der Waals surface area contributed by atoms with Gasteiger partial charge in [-0.15, -0.1) is 0 Å². The summed E-state index contributed by atoms with van der Waals surface area (Å²) in [5.41, 5.74) is 3.89. The normalized spacial score (nSPS) is 13.0. The number of amides is 3. The number of aromatic nitrogens is 1. The maximum Gasteiger partial charge on any atom is 0.266 e. The molecule has 6 heteroatoms. The van der Waals surface area contributed by atoms with E-state index >= 15 is 0 Å². The zero-order chi connectivity index (χ0) is 21.4. The average molecular weight is 409 g/mol. The number of carbonyl (C=O) groups is 3. The second-order valence-electron chi connectivity index (χ2n) is 7.45. The summed E-state index contributed by atoms with van der Waals surface area (Å²) >= 11 is 0. The number of imide groups is 1. The van der Waals surface area contributed by atoms with Crippen LogP contribution in [0.5, 0.6) is 0 Å². The van der Waals surface area contributed by atoms with Crippen molar-refractivity contribution in [3.63, 3.8) is 0 Å². The molecule has 6 nitrogen and oxygen atoms in total.